The lowest BCUT2D eigenvalue weighted by atomic mass is 10.00. The van der Waals surface area contributed by atoms with E-state index in [4.69, 9.17) is 0 Å². The quantitative estimate of drug-likeness (QED) is 0.512. The molecule has 0 amide bonds. The van der Waals surface area contributed by atoms with Crippen molar-refractivity contribution < 1.29 is 0 Å². The molecule has 1 heteroatoms. The van der Waals surface area contributed by atoms with Crippen LogP contribution in [0.4, 0.5) is 0 Å². The fourth-order valence-corrected chi connectivity index (χ4v) is 3.14. The zero-order valence-corrected chi connectivity index (χ0v) is 15.3. The summed E-state index contributed by atoms with van der Waals surface area (Å²) >= 11 is 0. The Morgan fingerprint density at radius 3 is 2.50 bits per heavy atom. The molecule has 0 N–H and O–H groups in total. The van der Waals surface area contributed by atoms with Crippen molar-refractivity contribution in [1.82, 2.24) is 4.57 Å². The van der Waals surface area contributed by atoms with Gasteiger partial charge < -0.3 is 4.57 Å². The van der Waals surface area contributed by atoms with Gasteiger partial charge in [0, 0.05) is 28.7 Å². The highest BCUT2D eigenvalue weighted by atomic mass is 15.0. The number of aromatic nitrogens is 1. The van der Waals surface area contributed by atoms with Gasteiger partial charge in [0.1, 0.15) is 0 Å². The fraction of sp³-hybridized carbons (Fsp3) is 0.217. The van der Waals surface area contributed by atoms with Crippen LogP contribution in [0.2, 0.25) is 0 Å². The molecule has 2 rings (SSSR count). The molecule has 2 aromatic rings. The Bertz CT molecular complexity index is 850. The molecule has 0 unspecified atom stereocenters. The molecule has 0 saturated carbocycles. The van der Waals surface area contributed by atoms with E-state index in [-0.39, 0.29) is 0 Å². The number of hydrogen-bond acceptors (Lipinski definition) is 0. The average molecular weight is 317 g/mol. The predicted octanol–water partition coefficient (Wildman–Crippen LogP) is 6.87. The number of hydrogen-bond donors (Lipinski definition) is 0. The molecule has 0 bridgehead atoms. The van der Waals surface area contributed by atoms with Crippen LogP contribution < -0.4 is 0 Å². The highest BCUT2D eigenvalue weighted by Crippen LogP contribution is 2.31. The van der Waals surface area contributed by atoms with Crippen LogP contribution in [0.1, 0.15) is 44.5 Å². The molecule has 24 heavy (non-hydrogen) atoms. The van der Waals surface area contributed by atoms with Crippen LogP contribution in [0.5, 0.6) is 0 Å². The molecule has 124 valence electrons. The molecule has 1 heterocycles. The average Bonchev–Trinajstić information content (AvgIpc) is 2.86. The summed E-state index contributed by atoms with van der Waals surface area (Å²) in [7, 11) is 0. The molecular formula is C23H27N. The second-order valence-corrected chi connectivity index (χ2v) is 6.06. The van der Waals surface area contributed by atoms with Crippen molar-refractivity contribution in [1.29, 1.82) is 0 Å². The Kier molecular flexibility index (Phi) is 5.81. The van der Waals surface area contributed by atoms with Crippen molar-refractivity contribution in [2.45, 2.75) is 34.2 Å². The van der Waals surface area contributed by atoms with Crippen LogP contribution in [0.25, 0.3) is 28.6 Å². The summed E-state index contributed by atoms with van der Waals surface area (Å²) in [6.45, 7) is 17.3. The lowest BCUT2D eigenvalue weighted by Gasteiger charge is -2.07. The summed E-state index contributed by atoms with van der Waals surface area (Å²) < 4.78 is 2.34. The summed E-state index contributed by atoms with van der Waals surface area (Å²) in [5, 5.41) is 1.24. The second kappa shape index (κ2) is 7.83. The monoisotopic (exact) mass is 317 g/mol. The van der Waals surface area contributed by atoms with E-state index in [9.17, 15) is 0 Å². The Balaban J connectivity index is 2.79. The van der Waals surface area contributed by atoms with Crippen molar-refractivity contribution in [3.8, 4) is 0 Å². The van der Waals surface area contributed by atoms with Crippen LogP contribution in [-0.2, 0) is 6.54 Å². The first-order valence-electron chi connectivity index (χ1n) is 8.46. The van der Waals surface area contributed by atoms with Crippen LogP contribution in [0.3, 0.4) is 0 Å². The number of rotatable bonds is 6. The zero-order valence-electron chi connectivity index (χ0n) is 15.3. The summed E-state index contributed by atoms with van der Waals surface area (Å²) in [6.07, 6.45) is 12.3. The molecule has 0 spiro atoms. The van der Waals surface area contributed by atoms with Gasteiger partial charge in [0.2, 0.25) is 0 Å². The van der Waals surface area contributed by atoms with Gasteiger partial charge in [-0.15, -0.1) is 0 Å². The minimum atomic E-state index is 0.937. The zero-order chi connectivity index (χ0) is 17.7. The minimum absolute atomic E-state index is 0.937. The van der Waals surface area contributed by atoms with Crippen LogP contribution >= 0.6 is 0 Å². The third-order valence-electron chi connectivity index (χ3n) is 4.06. The van der Waals surface area contributed by atoms with Gasteiger partial charge in [-0.3, -0.25) is 0 Å². The van der Waals surface area contributed by atoms with Crippen LogP contribution in [0.15, 0.2) is 61.2 Å². The first kappa shape index (κ1) is 17.8. The topological polar surface area (TPSA) is 4.93 Å². The molecule has 0 atom stereocenters. The first-order chi connectivity index (χ1) is 11.6. The molecule has 0 saturated heterocycles. The third-order valence-corrected chi connectivity index (χ3v) is 4.06. The minimum Gasteiger partial charge on any atom is -0.341 e. The maximum absolute atomic E-state index is 4.04. The van der Waals surface area contributed by atoms with E-state index >= 15 is 0 Å². The second-order valence-electron chi connectivity index (χ2n) is 6.06. The van der Waals surface area contributed by atoms with Gasteiger partial charge in [-0.1, -0.05) is 55.2 Å². The Hall–Kier alpha value is -2.54. The van der Waals surface area contributed by atoms with E-state index in [1.807, 2.05) is 12.2 Å². The number of aryl methyl sites for hydroxylation is 1. The van der Waals surface area contributed by atoms with E-state index in [0.717, 1.165) is 6.54 Å². The van der Waals surface area contributed by atoms with E-state index in [2.05, 4.69) is 87.9 Å². The van der Waals surface area contributed by atoms with Gasteiger partial charge in [0.25, 0.3) is 0 Å². The van der Waals surface area contributed by atoms with Gasteiger partial charge in [-0.05, 0) is 57.0 Å². The number of fused-ring (bicyclic) bond motifs is 1. The Labute approximate surface area is 146 Å². The van der Waals surface area contributed by atoms with Gasteiger partial charge in [0.15, 0.2) is 0 Å². The van der Waals surface area contributed by atoms with Crippen LogP contribution in [0, 0.1) is 0 Å². The molecule has 1 nitrogen and oxygen atoms in total. The maximum atomic E-state index is 4.04. The summed E-state index contributed by atoms with van der Waals surface area (Å²) in [5.74, 6) is 0. The van der Waals surface area contributed by atoms with Crippen molar-refractivity contribution in [3.05, 3.63) is 78.1 Å². The van der Waals surface area contributed by atoms with Crippen molar-refractivity contribution >= 4 is 28.6 Å². The standard InChI is InChI=1S/C23H27N/c1-7-11-18(15-17(5)6)19-13-14-23-21(16-19)20(9-3)22(12-8-2)24(23)10-4/h7-9,11-16H,1,3,10H2,2,4-6H3/b12-8-,18-11+. The maximum Gasteiger partial charge on any atom is 0.0491 e. The lowest BCUT2D eigenvalue weighted by Crippen LogP contribution is -1.96. The highest BCUT2D eigenvalue weighted by molar-refractivity contribution is 5.96. The van der Waals surface area contributed by atoms with E-state index in [1.54, 1.807) is 0 Å². The molecule has 0 aliphatic rings. The summed E-state index contributed by atoms with van der Waals surface area (Å²) in [6, 6.07) is 6.67. The predicted molar refractivity (Wildman–Crippen MR) is 110 cm³/mol. The SMILES string of the molecule is C=C/C=C(\C=C(C)C)c1ccc2c(c1)c(C=C)c(/C=C\C)n2CC. The molecule has 0 radical (unpaired) electrons. The Morgan fingerprint density at radius 1 is 1.21 bits per heavy atom. The molecule has 0 fully saturated rings. The molecule has 1 aromatic carbocycles. The smallest absolute Gasteiger partial charge is 0.0491 e. The third kappa shape index (κ3) is 3.35. The number of benzene rings is 1. The van der Waals surface area contributed by atoms with E-state index in [0.29, 0.717) is 0 Å². The molecule has 1 aromatic heterocycles. The summed E-state index contributed by atoms with van der Waals surface area (Å²) in [5.41, 5.74) is 7.32. The molecular weight excluding hydrogens is 290 g/mol. The van der Waals surface area contributed by atoms with Crippen LogP contribution in [-0.4, -0.2) is 4.57 Å². The number of allylic oxidation sites excluding steroid dienone is 6. The molecule has 0 aliphatic heterocycles. The normalized spacial score (nSPS) is 11.9. The summed E-state index contributed by atoms with van der Waals surface area (Å²) in [4.78, 5) is 0. The highest BCUT2D eigenvalue weighted by Gasteiger charge is 2.13. The van der Waals surface area contributed by atoms with Gasteiger partial charge in [0.05, 0.1) is 0 Å². The first-order valence-corrected chi connectivity index (χ1v) is 8.46. The lowest BCUT2D eigenvalue weighted by molar-refractivity contribution is 0.789. The van der Waals surface area contributed by atoms with Gasteiger partial charge in [-0.25, -0.2) is 0 Å². The van der Waals surface area contributed by atoms with Crippen molar-refractivity contribution in [2.75, 3.05) is 0 Å². The van der Waals surface area contributed by atoms with Crippen molar-refractivity contribution in [3.63, 3.8) is 0 Å². The van der Waals surface area contributed by atoms with Gasteiger partial charge >= 0.3 is 0 Å². The van der Waals surface area contributed by atoms with Gasteiger partial charge in [-0.2, -0.15) is 0 Å². The van der Waals surface area contributed by atoms with E-state index in [1.165, 1.54) is 38.9 Å². The number of nitrogens with zero attached hydrogens (tertiary/aromatic N) is 1. The van der Waals surface area contributed by atoms with Crippen molar-refractivity contribution in [2.24, 2.45) is 0 Å². The van der Waals surface area contributed by atoms with E-state index < -0.39 is 0 Å². The fourth-order valence-electron chi connectivity index (χ4n) is 3.14. The Morgan fingerprint density at radius 2 is 1.96 bits per heavy atom. The largest absolute Gasteiger partial charge is 0.341 e. The molecule has 0 aliphatic carbocycles.